The monoisotopic (exact) mass is 395 g/mol. The molecule has 2 N–H and O–H groups in total. The van der Waals surface area contributed by atoms with Crippen molar-refractivity contribution in [3.8, 4) is 0 Å². The average molecular weight is 396 g/mol. The van der Waals surface area contributed by atoms with Gasteiger partial charge in [-0.3, -0.25) is 9.59 Å². The Balaban J connectivity index is 1.58. The lowest BCUT2D eigenvalue weighted by atomic mass is 10.1. The van der Waals surface area contributed by atoms with Gasteiger partial charge < -0.3 is 5.32 Å². The number of anilines is 1. The molecule has 0 bridgehead atoms. The van der Waals surface area contributed by atoms with Crippen molar-refractivity contribution in [2.45, 2.75) is 0 Å². The summed E-state index contributed by atoms with van der Waals surface area (Å²) >= 11 is 5.88. The standard InChI is InChI=1S/C21H15ClFN3O2/c22-17-3-1-2-14(12-17)13-24-26-21(28)16-6-10-19(11-7-16)25-20(27)15-4-8-18(23)9-5-15/h1-13H,(H,25,27)(H,26,28). The second-order valence-electron chi connectivity index (χ2n) is 5.79. The van der Waals surface area contributed by atoms with Gasteiger partial charge in [0.05, 0.1) is 6.21 Å². The van der Waals surface area contributed by atoms with Crippen molar-refractivity contribution < 1.29 is 14.0 Å². The molecule has 0 aliphatic carbocycles. The van der Waals surface area contributed by atoms with Crippen molar-refractivity contribution in [2.24, 2.45) is 5.10 Å². The first-order valence-corrected chi connectivity index (χ1v) is 8.65. The van der Waals surface area contributed by atoms with Crippen LogP contribution in [0.5, 0.6) is 0 Å². The van der Waals surface area contributed by atoms with Crippen LogP contribution in [-0.4, -0.2) is 18.0 Å². The number of rotatable bonds is 5. The molecule has 0 aromatic heterocycles. The molecule has 3 aromatic rings. The zero-order chi connectivity index (χ0) is 19.9. The topological polar surface area (TPSA) is 70.6 Å². The van der Waals surface area contributed by atoms with E-state index in [9.17, 15) is 14.0 Å². The van der Waals surface area contributed by atoms with Crippen molar-refractivity contribution >= 4 is 35.3 Å². The number of nitrogens with one attached hydrogen (secondary N) is 2. The number of halogens is 2. The van der Waals surface area contributed by atoms with Crippen LogP contribution >= 0.6 is 11.6 Å². The van der Waals surface area contributed by atoms with E-state index in [0.29, 0.717) is 21.8 Å². The summed E-state index contributed by atoms with van der Waals surface area (Å²) in [6.07, 6.45) is 1.49. The van der Waals surface area contributed by atoms with E-state index in [0.717, 1.165) is 5.56 Å². The molecule has 0 aliphatic rings. The Morgan fingerprint density at radius 3 is 2.21 bits per heavy atom. The first-order chi connectivity index (χ1) is 13.5. The summed E-state index contributed by atoms with van der Waals surface area (Å²) in [5.74, 6) is -1.18. The van der Waals surface area contributed by atoms with E-state index < -0.39 is 11.7 Å². The Bertz CT molecular complexity index is 1020. The van der Waals surface area contributed by atoms with Gasteiger partial charge in [0, 0.05) is 21.8 Å². The fourth-order valence-electron chi connectivity index (χ4n) is 2.33. The molecule has 5 nitrogen and oxygen atoms in total. The number of carbonyl (C=O) groups excluding carboxylic acids is 2. The predicted molar refractivity (Wildman–Crippen MR) is 107 cm³/mol. The summed E-state index contributed by atoms with van der Waals surface area (Å²) in [6, 6.07) is 18.6. The molecular weight excluding hydrogens is 381 g/mol. The van der Waals surface area contributed by atoms with Gasteiger partial charge in [-0.15, -0.1) is 0 Å². The smallest absolute Gasteiger partial charge is 0.271 e. The zero-order valence-electron chi connectivity index (χ0n) is 14.5. The molecule has 0 spiro atoms. The van der Waals surface area contributed by atoms with E-state index in [1.54, 1.807) is 48.5 Å². The van der Waals surface area contributed by atoms with Crippen LogP contribution < -0.4 is 10.7 Å². The van der Waals surface area contributed by atoms with E-state index in [1.807, 2.05) is 0 Å². The third-order valence-electron chi connectivity index (χ3n) is 3.74. The summed E-state index contributed by atoms with van der Waals surface area (Å²) < 4.78 is 12.9. The normalized spacial score (nSPS) is 10.6. The van der Waals surface area contributed by atoms with Gasteiger partial charge in [0.25, 0.3) is 11.8 Å². The Kier molecular flexibility index (Phi) is 6.14. The van der Waals surface area contributed by atoms with Gasteiger partial charge >= 0.3 is 0 Å². The molecular formula is C21H15ClFN3O2. The van der Waals surface area contributed by atoms with Crippen LogP contribution in [0, 0.1) is 5.82 Å². The minimum absolute atomic E-state index is 0.332. The summed E-state index contributed by atoms with van der Waals surface area (Å²) in [5.41, 5.74) is 4.40. The largest absolute Gasteiger partial charge is 0.322 e. The molecule has 0 fully saturated rings. The third-order valence-corrected chi connectivity index (χ3v) is 3.97. The van der Waals surface area contributed by atoms with Crippen LogP contribution in [0.4, 0.5) is 10.1 Å². The molecule has 140 valence electrons. The summed E-state index contributed by atoms with van der Waals surface area (Å²) in [5, 5.41) is 7.15. The second kappa shape index (κ2) is 8.92. The fourth-order valence-corrected chi connectivity index (χ4v) is 2.53. The molecule has 0 saturated carbocycles. The van der Waals surface area contributed by atoms with E-state index in [-0.39, 0.29) is 5.91 Å². The molecule has 7 heteroatoms. The van der Waals surface area contributed by atoms with E-state index in [1.165, 1.54) is 30.5 Å². The van der Waals surface area contributed by atoms with Gasteiger partial charge in [-0.05, 0) is 66.2 Å². The minimum atomic E-state index is -0.412. The lowest BCUT2D eigenvalue weighted by Gasteiger charge is -2.06. The third kappa shape index (κ3) is 5.25. The maximum atomic E-state index is 12.9. The van der Waals surface area contributed by atoms with E-state index in [4.69, 9.17) is 11.6 Å². The van der Waals surface area contributed by atoms with Crippen molar-refractivity contribution in [2.75, 3.05) is 5.32 Å². The second-order valence-corrected chi connectivity index (χ2v) is 6.23. The van der Waals surface area contributed by atoms with Crippen LogP contribution in [0.1, 0.15) is 26.3 Å². The maximum absolute atomic E-state index is 12.9. The quantitative estimate of drug-likeness (QED) is 0.493. The zero-order valence-corrected chi connectivity index (χ0v) is 15.3. The predicted octanol–water partition coefficient (Wildman–Crippen LogP) is 4.50. The van der Waals surface area contributed by atoms with Crippen LogP contribution in [0.25, 0.3) is 0 Å². The SMILES string of the molecule is O=C(NN=Cc1cccc(Cl)c1)c1ccc(NC(=O)c2ccc(F)cc2)cc1. The van der Waals surface area contributed by atoms with Crippen LogP contribution in [-0.2, 0) is 0 Å². The molecule has 2 amide bonds. The molecule has 3 rings (SSSR count). The number of hydrogen-bond donors (Lipinski definition) is 2. The Labute approximate surface area is 165 Å². The Morgan fingerprint density at radius 2 is 1.54 bits per heavy atom. The average Bonchev–Trinajstić information content (AvgIpc) is 2.69. The van der Waals surface area contributed by atoms with Gasteiger partial charge in [-0.1, -0.05) is 23.7 Å². The van der Waals surface area contributed by atoms with Gasteiger partial charge in [-0.2, -0.15) is 5.10 Å². The van der Waals surface area contributed by atoms with Gasteiger partial charge in [-0.25, -0.2) is 9.82 Å². The molecule has 0 radical (unpaired) electrons. The van der Waals surface area contributed by atoms with Crippen LogP contribution in [0.3, 0.4) is 0 Å². The number of benzene rings is 3. The van der Waals surface area contributed by atoms with Crippen molar-refractivity contribution in [1.82, 2.24) is 5.43 Å². The molecule has 0 unspecified atom stereocenters. The highest BCUT2D eigenvalue weighted by atomic mass is 35.5. The molecule has 0 aliphatic heterocycles. The number of hydrazone groups is 1. The number of hydrogen-bond acceptors (Lipinski definition) is 3. The lowest BCUT2D eigenvalue weighted by molar-refractivity contribution is 0.0954. The first-order valence-electron chi connectivity index (χ1n) is 8.27. The van der Waals surface area contributed by atoms with Crippen LogP contribution in [0.15, 0.2) is 77.9 Å². The van der Waals surface area contributed by atoms with Crippen molar-refractivity contribution in [3.05, 3.63) is 100 Å². The number of carbonyl (C=O) groups is 2. The molecule has 0 atom stereocenters. The first kappa shape index (κ1) is 19.3. The molecule has 0 saturated heterocycles. The number of amides is 2. The minimum Gasteiger partial charge on any atom is -0.322 e. The molecule has 28 heavy (non-hydrogen) atoms. The Morgan fingerprint density at radius 1 is 0.893 bits per heavy atom. The molecule has 3 aromatic carbocycles. The Hall–Kier alpha value is -3.51. The van der Waals surface area contributed by atoms with E-state index in [2.05, 4.69) is 15.8 Å². The number of nitrogens with zero attached hydrogens (tertiary/aromatic N) is 1. The lowest BCUT2D eigenvalue weighted by Crippen LogP contribution is -2.17. The fraction of sp³-hybridized carbons (Fsp3) is 0. The van der Waals surface area contributed by atoms with Gasteiger partial charge in [0.1, 0.15) is 5.82 Å². The van der Waals surface area contributed by atoms with Crippen LogP contribution in [0.2, 0.25) is 5.02 Å². The van der Waals surface area contributed by atoms with Gasteiger partial charge in [0.2, 0.25) is 0 Å². The maximum Gasteiger partial charge on any atom is 0.271 e. The highest BCUT2D eigenvalue weighted by Gasteiger charge is 2.08. The molecule has 0 heterocycles. The highest BCUT2D eigenvalue weighted by Crippen LogP contribution is 2.12. The summed E-state index contributed by atoms with van der Waals surface area (Å²) in [6.45, 7) is 0. The van der Waals surface area contributed by atoms with Gasteiger partial charge in [0.15, 0.2) is 0 Å². The van der Waals surface area contributed by atoms with Crippen molar-refractivity contribution in [1.29, 1.82) is 0 Å². The highest BCUT2D eigenvalue weighted by molar-refractivity contribution is 6.30. The summed E-state index contributed by atoms with van der Waals surface area (Å²) in [7, 11) is 0. The van der Waals surface area contributed by atoms with Crippen molar-refractivity contribution in [3.63, 3.8) is 0 Å². The summed E-state index contributed by atoms with van der Waals surface area (Å²) in [4.78, 5) is 24.2. The van der Waals surface area contributed by atoms with E-state index >= 15 is 0 Å².